The maximum absolute atomic E-state index is 5.39. The van der Waals surface area contributed by atoms with Crippen molar-refractivity contribution in [2.45, 2.75) is 19.9 Å². The van der Waals surface area contributed by atoms with E-state index in [1.54, 1.807) is 0 Å². The Morgan fingerprint density at radius 3 is 2.38 bits per heavy atom. The number of hydrogen-bond donors (Lipinski definition) is 2. The van der Waals surface area contributed by atoms with E-state index in [0.717, 1.165) is 5.70 Å². The average Bonchev–Trinajstić information content (AvgIpc) is 1.65. The van der Waals surface area contributed by atoms with Crippen molar-refractivity contribution >= 4 is 0 Å². The highest BCUT2D eigenvalue weighted by molar-refractivity contribution is 4.97. The van der Waals surface area contributed by atoms with E-state index in [4.69, 9.17) is 5.73 Å². The fraction of sp³-hybridized carbons (Fsp3) is 0.667. The number of likely N-dealkylation sites (N-methyl/N-ethyl adjacent to an activating group) is 1. The minimum absolute atomic E-state index is 0.389. The first-order valence-electron chi connectivity index (χ1n) is 2.78. The van der Waals surface area contributed by atoms with Crippen molar-refractivity contribution in [1.82, 2.24) is 5.32 Å². The van der Waals surface area contributed by atoms with E-state index in [-0.39, 0.29) is 0 Å². The minimum Gasteiger partial charge on any atom is -0.402 e. The molecule has 48 valence electrons. The predicted octanol–water partition coefficient (Wildman–Crippen LogP) is 0.457. The van der Waals surface area contributed by atoms with Crippen LogP contribution in [0.3, 0.4) is 0 Å². The molecule has 0 aliphatic carbocycles. The molecular weight excluding hydrogens is 100 g/mol. The second-order valence-corrected chi connectivity index (χ2v) is 1.99. The first kappa shape index (κ1) is 7.50. The van der Waals surface area contributed by atoms with Gasteiger partial charge in [-0.25, -0.2) is 0 Å². The van der Waals surface area contributed by atoms with Crippen LogP contribution >= 0.6 is 0 Å². The molecule has 0 rings (SSSR count). The van der Waals surface area contributed by atoms with Gasteiger partial charge in [-0.1, -0.05) is 0 Å². The molecule has 0 spiro atoms. The molecule has 0 aromatic heterocycles. The Hall–Kier alpha value is -0.500. The van der Waals surface area contributed by atoms with Crippen LogP contribution < -0.4 is 11.1 Å². The van der Waals surface area contributed by atoms with Gasteiger partial charge in [0.2, 0.25) is 0 Å². The Morgan fingerprint density at radius 2 is 2.25 bits per heavy atom. The Morgan fingerprint density at radius 1 is 1.75 bits per heavy atom. The molecule has 1 unspecified atom stereocenters. The van der Waals surface area contributed by atoms with Crippen LogP contribution in [0.1, 0.15) is 13.8 Å². The van der Waals surface area contributed by atoms with E-state index in [1.165, 1.54) is 0 Å². The molecule has 0 aromatic carbocycles. The van der Waals surface area contributed by atoms with E-state index in [0.29, 0.717) is 6.04 Å². The SMILES string of the molecule is CNC(C)/C=C(/C)N. The van der Waals surface area contributed by atoms with Gasteiger partial charge < -0.3 is 11.1 Å². The van der Waals surface area contributed by atoms with E-state index < -0.39 is 0 Å². The third-order valence-corrected chi connectivity index (χ3v) is 0.968. The van der Waals surface area contributed by atoms with E-state index >= 15 is 0 Å². The zero-order chi connectivity index (χ0) is 6.57. The summed E-state index contributed by atoms with van der Waals surface area (Å²) < 4.78 is 0. The first-order valence-corrected chi connectivity index (χ1v) is 2.78. The third kappa shape index (κ3) is 3.68. The maximum atomic E-state index is 5.39. The number of hydrogen-bond acceptors (Lipinski definition) is 2. The zero-order valence-electron chi connectivity index (χ0n) is 5.73. The molecule has 2 nitrogen and oxygen atoms in total. The topological polar surface area (TPSA) is 38.0 Å². The van der Waals surface area contributed by atoms with Crippen molar-refractivity contribution in [2.75, 3.05) is 7.05 Å². The fourth-order valence-corrected chi connectivity index (χ4v) is 0.478. The molecule has 8 heavy (non-hydrogen) atoms. The number of nitrogens with one attached hydrogen (secondary N) is 1. The molecule has 0 heterocycles. The monoisotopic (exact) mass is 114 g/mol. The highest BCUT2D eigenvalue weighted by Gasteiger charge is 1.88. The van der Waals surface area contributed by atoms with Crippen LogP contribution in [-0.2, 0) is 0 Å². The van der Waals surface area contributed by atoms with Crippen LogP contribution in [0.4, 0.5) is 0 Å². The van der Waals surface area contributed by atoms with Gasteiger partial charge in [0, 0.05) is 11.7 Å². The second kappa shape index (κ2) is 3.50. The summed E-state index contributed by atoms with van der Waals surface area (Å²) >= 11 is 0. The number of rotatable bonds is 2. The summed E-state index contributed by atoms with van der Waals surface area (Å²) in [5.41, 5.74) is 6.26. The Balaban J connectivity index is 3.51. The normalized spacial score (nSPS) is 16.1. The maximum Gasteiger partial charge on any atom is 0.0238 e. The van der Waals surface area contributed by atoms with Crippen LogP contribution in [0.25, 0.3) is 0 Å². The quantitative estimate of drug-likeness (QED) is 0.547. The molecule has 0 saturated carbocycles. The van der Waals surface area contributed by atoms with Gasteiger partial charge in [0.25, 0.3) is 0 Å². The van der Waals surface area contributed by atoms with Gasteiger partial charge in [-0.2, -0.15) is 0 Å². The molecule has 0 aliphatic rings. The van der Waals surface area contributed by atoms with Crippen LogP contribution in [0.15, 0.2) is 11.8 Å². The smallest absolute Gasteiger partial charge is 0.0238 e. The van der Waals surface area contributed by atoms with Gasteiger partial charge in [0.05, 0.1) is 0 Å². The zero-order valence-corrected chi connectivity index (χ0v) is 5.73. The van der Waals surface area contributed by atoms with Crippen molar-refractivity contribution < 1.29 is 0 Å². The van der Waals surface area contributed by atoms with Crippen molar-refractivity contribution in [3.63, 3.8) is 0 Å². The molecule has 3 N–H and O–H groups in total. The van der Waals surface area contributed by atoms with Gasteiger partial charge in [-0.15, -0.1) is 0 Å². The molecule has 0 fully saturated rings. The van der Waals surface area contributed by atoms with Gasteiger partial charge in [-0.05, 0) is 27.0 Å². The number of allylic oxidation sites excluding steroid dienone is 1. The minimum atomic E-state index is 0.389. The predicted molar refractivity (Wildman–Crippen MR) is 36.5 cm³/mol. The standard InChI is InChI=1S/C6H14N2/c1-5(7)4-6(2)8-3/h4,6,8H,7H2,1-3H3/b5-4-. The summed E-state index contributed by atoms with van der Waals surface area (Å²) in [6.07, 6.45) is 1.97. The summed E-state index contributed by atoms with van der Waals surface area (Å²) in [6, 6.07) is 0.389. The van der Waals surface area contributed by atoms with Gasteiger partial charge in [0.1, 0.15) is 0 Å². The van der Waals surface area contributed by atoms with Gasteiger partial charge in [0.15, 0.2) is 0 Å². The average molecular weight is 114 g/mol. The largest absolute Gasteiger partial charge is 0.402 e. The second-order valence-electron chi connectivity index (χ2n) is 1.99. The van der Waals surface area contributed by atoms with E-state index in [2.05, 4.69) is 12.2 Å². The third-order valence-electron chi connectivity index (χ3n) is 0.968. The Labute approximate surface area is 50.8 Å². The Kier molecular flexibility index (Phi) is 3.28. The first-order chi connectivity index (χ1) is 3.66. The summed E-state index contributed by atoms with van der Waals surface area (Å²) in [5.74, 6) is 0. The molecule has 0 saturated heterocycles. The van der Waals surface area contributed by atoms with Crippen LogP contribution in [0, 0.1) is 0 Å². The van der Waals surface area contributed by atoms with Crippen LogP contribution in [0.5, 0.6) is 0 Å². The lowest BCUT2D eigenvalue weighted by Gasteiger charge is -2.02. The van der Waals surface area contributed by atoms with Crippen molar-refractivity contribution in [1.29, 1.82) is 0 Å². The molecule has 2 heteroatoms. The number of nitrogens with two attached hydrogens (primary N) is 1. The highest BCUT2D eigenvalue weighted by Crippen LogP contribution is 1.85. The van der Waals surface area contributed by atoms with Crippen molar-refractivity contribution in [3.05, 3.63) is 11.8 Å². The van der Waals surface area contributed by atoms with Crippen molar-refractivity contribution in [3.8, 4) is 0 Å². The van der Waals surface area contributed by atoms with Gasteiger partial charge in [-0.3, -0.25) is 0 Å². The summed E-state index contributed by atoms with van der Waals surface area (Å²) in [4.78, 5) is 0. The molecule has 1 atom stereocenters. The molecular formula is C6H14N2. The lowest BCUT2D eigenvalue weighted by Crippen LogP contribution is -2.19. The summed E-state index contributed by atoms with van der Waals surface area (Å²) in [7, 11) is 1.91. The van der Waals surface area contributed by atoms with E-state index in [1.807, 2.05) is 20.0 Å². The molecule has 0 amide bonds. The van der Waals surface area contributed by atoms with Gasteiger partial charge >= 0.3 is 0 Å². The molecule has 0 bridgehead atoms. The highest BCUT2D eigenvalue weighted by atomic mass is 14.8. The van der Waals surface area contributed by atoms with E-state index in [9.17, 15) is 0 Å². The lowest BCUT2D eigenvalue weighted by atomic mass is 10.3. The molecule has 0 radical (unpaired) electrons. The molecule has 0 aliphatic heterocycles. The summed E-state index contributed by atoms with van der Waals surface area (Å²) in [5, 5.41) is 3.04. The molecule has 0 aromatic rings. The lowest BCUT2D eigenvalue weighted by molar-refractivity contribution is 0.723. The van der Waals surface area contributed by atoms with Crippen LogP contribution in [0.2, 0.25) is 0 Å². The van der Waals surface area contributed by atoms with Crippen LogP contribution in [-0.4, -0.2) is 13.1 Å². The fourth-order valence-electron chi connectivity index (χ4n) is 0.478. The van der Waals surface area contributed by atoms with Crippen molar-refractivity contribution in [2.24, 2.45) is 5.73 Å². The summed E-state index contributed by atoms with van der Waals surface area (Å²) in [6.45, 7) is 3.93. The Bertz CT molecular complexity index is 82.5.